The minimum Gasteiger partial charge on any atom is -0.484 e. The minimum atomic E-state index is -0.133. The molecule has 0 bridgehead atoms. The van der Waals surface area contributed by atoms with E-state index in [0.29, 0.717) is 11.3 Å². The third kappa shape index (κ3) is 5.13. The van der Waals surface area contributed by atoms with E-state index in [1.54, 1.807) is 19.0 Å². The number of carbonyl (C=O) groups is 2. The Morgan fingerprint density at radius 1 is 0.897 bits per heavy atom. The van der Waals surface area contributed by atoms with E-state index in [1.165, 1.54) is 0 Å². The predicted octanol–water partition coefficient (Wildman–Crippen LogP) is 4.11. The van der Waals surface area contributed by atoms with E-state index >= 15 is 0 Å². The molecule has 3 aromatic rings. The number of benzene rings is 3. The molecule has 0 fully saturated rings. The first kappa shape index (κ1) is 20.4. The van der Waals surface area contributed by atoms with E-state index in [1.807, 2.05) is 68.4 Å². The molecule has 0 heterocycles. The summed E-state index contributed by atoms with van der Waals surface area (Å²) < 4.78 is 5.60. The summed E-state index contributed by atoms with van der Waals surface area (Å²) in [4.78, 5) is 25.3. The van der Waals surface area contributed by atoms with Gasteiger partial charge in [0.2, 0.25) is 0 Å². The van der Waals surface area contributed by atoms with Crippen molar-refractivity contribution < 1.29 is 14.3 Å². The highest BCUT2D eigenvalue weighted by Crippen LogP contribution is 2.27. The van der Waals surface area contributed by atoms with Crippen molar-refractivity contribution in [2.24, 2.45) is 0 Å². The average molecular weight is 390 g/mol. The molecule has 150 valence electrons. The van der Waals surface area contributed by atoms with Crippen LogP contribution in [0.1, 0.15) is 24.2 Å². The minimum absolute atomic E-state index is 0.000211. The van der Waals surface area contributed by atoms with Crippen LogP contribution in [0.4, 0.5) is 0 Å². The maximum Gasteiger partial charge on any atom is 0.258 e. The molecule has 3 aromatic carbocycles. The lowest BCUT2D eigenvalue weighted by molar-refractivity contribution is -0.123. The van der Waals surface area contributed by atoms with Crippen molar-refractivity contribution in [3.05, 3.63) is 66.2 Å². The molecule has 0 aromatic heterocycles. The summed E-state index contributed by atoms with van der Waals surface area (Å²) in [5.74, 6) is 0.520. The summed E-state index contributed by atoms with van der Waals surface area (Å²) >= 11 is 0. The van der Waals surface area contributed by atoms with E-state index in [9.17, 15) is 9.59 Å². The molecule has 0 unspecified atom stereocenters. The highest BCUT2D eigenvalue weighted by Gasteiger charge is 2.09. The number of nitrogens with zero attached hydrogens (tertiary/aromatic N) is 1. The van der Waals surface area contributed by atoms with Gasteiger partial charge in [-0.1, -0.05) is 30.3 Å². The molecule has 0 spiro atoms. The van der Waals surface area contributed by atoms with Gasteiger partial charge in [0.15, 0.2) is 6.61 Å². The molecule has 29 heavy (non-hydrogen) atoms. The maximum atomic E-state index is 12.0. The topological polar surface area (TPSA) is 58.6 Å². The molecule has 0 aliphatic heterocycles. The molecule has 0 saturated carbocycles. The summed E-state index contributed by atoms with van der Waals surface area (Å²) in [7, 11) is 3.49. The number of ether oxygens (including phenoxy) is 1. The van der Waals surface area contributed by atoms with Crippen molar-refractivity contribution in [3.63, 3.8) is 0 Å². The quantitative estimate of drug-likeness (QED) is 0.689. The Kier molecular flexibility index (Phi) is 6.17. The van der Waals surface area contributed by atoms with Gasteiger partial charge in [-0.05, 0) is 66.1 Å². The highest BCUT2D eigenvalue weighted by atomic mass is 16.5. The molecule has 2 amide bonds. The number of hydrogen-bond donors (Lipinski definition) is 1. The van der Waals surface area contributed by atoms with Gasteiger partial charge in [-0.25, -0.2) is 0 Å². The van der Waals surface area contributed by atoms with Crippen LogP contribution in [-0.2, 0) is 4.79 Å². The van der Waals surface area contributed by atoms with Gasteiger partial charge in [0.1, 0.15) is 5.75 Å². The van der Waals surface area contributed by atoms with Crippen molar-refractivity contribution in [2.45, 2.75) is 19.9 Å². The van der Waals surface area contributed by atoms with Crippen molar-refractivity contribution in [1.29, 1.82) is 0 Å². The van der Waals surface area contributed by atoms with Crippen LogP contribution in [0, 0.1) is 0 Å². The monoisotopic (exact) mass is 390 g/mol. The molecule has 0 aliphatic rings. The molecule has 3 rings (SSSR count). The highest BCUT2D eigenvalue weighted by molar-refractivity contribution is 5.94. The van der Waals surface area contributed by atoms with Gasteiger partial charge in [-0.3, -0.25) is 9.59 Å². The van der Waals surface area contributed by atoms with E-state index < -0.39 is 0 Å². The zero-order valence-corrected chi connectivity index (χ0v) is 17.2. The van der Waals surface area contributed by atoms with Crippen LogP contribution in [0.15, 0.2) is 60.7 Å². The zero-order chi connectivity index (χ0) is 21.0. The van der Waals surface area contributed by atoms with Gasteiger partial charge in [0.25, 0.3) is 11.8 Å². The fourth-order valence-electron chi connectivity index (χ4n) is 3.07. The smallest absolute Gasteiger partial charge is 0.258 e. The van der Waals surface area contributed by atoms with Crippen molar-refractivity contribution in [2.75, 3.05) is 20.7 Å². The van der Waals surface area contributed by atoms with E-state index in [4.69, 9.17) is 4.74 Å². The first-order valence-corrected chi connectivity index (χ1v) is 9.61. The summed E-state index contributed by atoms with van der Waals surface area (Å²) in [6.45, 7) is 3.83. The fourth-order valence-corrected chi connectivity index (χ4v) is 3.07. The predicted molar refractivity (Wildman–Crippen MR) is 116 cm³/mol. The normalized spacial score (nSPS) is 10.8. The molecule has 0 saturated heterocycles. The second-order valence-corrected chi connectivity index (χ2v) is 7.51. The van der Waals surface area contributed by atoms with E-state index in [-0.39, 0.29) is 24.5 Å². The molecule has 0 aliphatic carbocycles. The Labute approximate surface area is 171 Å². The standard InChI is InChI=1S/C24H26N2O3/c1-16(2)25-23(27)15-29-22-12-11-20-13-19(9-10-21(20)14-22)17-5-7-18(8-6-17)24(28)26(3)4/h5-14,16H,15H2,1-4H3,(H,25,27). The van der Waals surface area contributed by atoms with Gasteiger partial charge >= 0.3 is 0 Å². The Bertz CT molecular complexity index is 1020. The van der Waals surface area contributed by atoms with Gasteiger partial charge in [0.05, 0.1) is 0 Å². The number of nitrogens with one attached hydrogen (secondary N) is 1. The first-order chi connectivity index (χ1) is 13.8. The number of fused-ring (bicyclic) bond motifs is 1. The summed E-state index contributed by atoms with van der Waals surface area (Å²) in [5, 5.41) is 4.92. The van der Waals surface area contributed by atoms with Crippen LogP contribution < -0.4 is 10.1 Å². The number of carbonyl (C=O) groups excluding carboxylic acids is 2. The van der Waals surface area contributed by atoms with Gasteiger partial charge in [-0.15, -0.1) is 0 Å². The van der Waals surface area contributed by atoms with Crippen LogP contribution in [0.2, 0.25) is 0 Å². The van der Waals surface area contributed by atoms with Crippen molar-refractivity contribution in [1.82, 2.24) is 10.2 Å². The summed E-state index contributed by atoms with van der Waals surface area (Å²) in [6, 6.07) is 19.7. The Morgan fingerprint density at radius 2 is 1.52 bits per heavy atom. The molecule has 5 nitrogen and oxygen atoms in total. The van der Waals surface area contributed by atoms with Crippen LogP contribution in [0.25, 0.3) is 21.9 Å². The summed E-state index contributed by atoms with van der Waals surface area (Å²) in [5.41, 5.74) is 2.79. The maximum absolute atomic E-state index is 12.0. The number of rotatable bonds is 6. The summed E-state index contributed by atoms with van der Waals surface area (Å²) in [6.07, 6.45) is 0. The van der Waals surface area contributed by atoms with Crippen LogP contribution >= 0.6 is 0 Å². The van der Waals surface area contributed by atoms with Crippen LogP contribution in [0.5, 0.6) is 5.75 Å². The zero-order valence-electron chi connectivity index (χ0n) is 17.2. The lowest BCUT2D eigenvalue weighted by Gasteiger charge is -2.11. The van der Waals surface area contributed by atoms with Crippen LogP contribution in [0.3, 0.4) is 0 Å². The lowest BCUT2D eigenvalue weighted by atomic mass is 10.00. The van der Waals surface area contributed by atoms with Gasteiger partial charge < -0.3 is 15.0 Å². The van der Waals surface area contributed by atoms with Crippen molar-refractivity contribution in [3.8, 4) is 16.9 Å². The molecular weight excluding hydrogens is 364 g/mol. The number of hydrogen-bond acceptors (Lipinski definition) is 3. The van der Waals surface area contributed by atoms with Gasteiger partial charge in [0, 0.05) is 25.7 Å². The Morgan fingerprint density at radius 3 is 2.17 bits per heavy atom. The molecule has 0 radical (unpaired) electrons. The second kappa shape index (κ2) is 8.78. The molecule has 1 N–H and O–H groups in total. The third-order valence-corrected chi connectivity index (χ3v) is 4.50. The first-order valence-electron chi connectivity index (χ1n) is 9.61. The molecular formula is C24H26N2O3. The lowest BCUT2D eigenvalue weighted by Crippen LogP contribution is -2.34. The van der Waals surface area contributed by atoms with E-state index in [2.05, 4.69) is 11.4 Å². The largest absolute Gasteiger partial charge is 0.484 e. The third-order valence-electron chi connectivity index (χ3n) is 4.50. The fraction of sp³-hybridized carbons (Fsp3) is 0.250. The Hall–Kier alpha value is -3.34. The second-order valence-electron chi connectivity index (χ2n) is 7.51. The number of amides is 2. The van der Waals surface area contributed by atoms with Crippen molar-refractivity contribution >= 4 is 22.6 Å². The molecule has 0 atom stereocenters. The van der Waals surface area contributed by atoms with Gasteiger partial charge in [-0.2, -0.15) is 0 Å². The molecule has 5 heteroatoms. The average Bonchev–Trinajstić information content (AvgIpc) is 2.70. The Balaban J connectivity index is 1.75. The SMILES string of the molecule is CC(C)NC(=O)COc1ccc2cc(-c3ccc(C(=O)N(C)C)cc3)ccc2c1. The van der Waals surface area contributed by atoms with Crippen LogP contribution in [-0.4, -0.2) is 43.5 Å². The van der Waals surface area contributed by atoms with E-state index in [0.717, 1.165) is 21.9 Å².